The lowest BCUT2D eigenvalue weighted by Crippen LogP contribution is -2.57. The van der Waals surface area contributed by atoms with Crippen molar-refractivity contribution in [2.24, 2.45) is 5.92 Å². The Kier molecular flexibility index (Phi) is 5.40. The fourth-order valence-corrected chi connectivity index (χ4v) is 2.46. The van der Waals surface area contributed by atoms with Crippen LogP contribution in [0.15, 0.2) is 0 Å². The van der Waals surface area contributed by atoms with E-state index in [1.807, 2.05) is 18.7 Å². The molecule has 0 saturated carbocycles. The summed E-state index contributed by atoms with van der Waals surface area (Å²) in [7, 11) is 0. The van der Waals surface area contributed by atoms with Crippen LogP contribution in [0.2, 0.25) is 0 Å². The highest BCUT2D eigenvalue weighted by molar-refractivity contribution is 5.83. The predicted molar refractivity (Wildman–Crippen MR) is 68.7 cm³/mol. The van der Waals surface area contributed by atoms with E-state index in [1.165, 1.54) is 0 Å². The minimum atomic E-state index is -0.0726. The van der Waals surface area contributed by atoms with Crippen LogP contribution in [0.3, 0.4) is 0 Å². The first-order valence-electron chi connectivity index (χ1n) is 6.64. The Hall–Kier alpha value is -0.610. The van der Waals surface area contributed by atoms with Gasteiger partial charge in [-0.2, -0.15) is 0 Å². The zero-order valence-electron chi connectivity index (χ0n) is 11.4. The standard InChI is InChI=1S/C13H26N2O2/c1-9(2)12(8-16)15-7-5-6-11(13(15)17)14-10(3)4/h9-12,14,16H,5-8H2,1-4H3. The lowest BCUT2D eigenvalue weighted by Gasteiger charge is -2.39. The maximum absolute atomic E-state index is 12.3. The molecule has 1 aliphatic heterocycles. The van der Waals surface area contributed by atoms with Crippen LogP contribution in [-0.2, 0) is 4.79 Å². The molecule has 1 heterocycles. The minimum absolute atomic E-state index is 0.0423. The highest BCUT2D eigenvalue weighted by Crippen LogP contribution is 2.19. The van der Waals surface area contributed by atoms with Crippen molar-refractivity contribution in [1.82, 2.24) is 10.2 Å². The molecule has 2 N–H and O–H groups in total. The number of nitrogens with one attached hydrogen (secondary N) is 1. The van der Waals surface area contributed by atoms with Crippen molar-refractivity contribution >= 4 is 5.91 Å². The molecule has 0 aromatic carbocycles. The van der Waals surface area contributed by atoms with E-state index < -0.39 is 0 Å². The van der Waals surface area contributed by atoms with Gasteiger partial charge < -0.3 is 15.3 Å². The van der Waals surface area contributed by atoms with E-state index in [0.29, 0.717) is 12.0 Å². The second-order valence-corrected chi connectivity index (χ2v) is 5.54. The molecule has 4 heteroatoms. The SMILES string of the molecule is CC(C)NC1CCCN(C(CO)C(C)C)C1=O. The largest absolute Gasteiger partial charge is 0.394 e. The van der Waals surface area contributed by atoms with Gasteiger partial charge in [0.2, 0.25) is 5.91 Å². The Balaban J connectivity index is 2.70. The van der Waals surface area contributed by atoms with E-state index in [4.69, 9.17) is 0 Å². The Morgan fingerprint density at radius 3 is 2.53 bits per heavy atom. The molecule has 2 unspecified atom stereocenters. The molecule has 1 rings (SSSR count). The molecule has 0 aromatic heterocycles. The molecule has 1 saturated heterocycles. The van der Waals surface area contributed by atoms with Gasteiger partial charge in [0.15, 0.2) is 0 Å². The van der Waals surface area contributed by atoms with Crippen molar-refractivity contribution in [2.75, 3.05) is 13.2 Å². The van der Waals surface area contributed by atoms with E-state index in [1.54, 1.807) is 0 Å². The number of likely N-dealkylation sites (tertiary alicyclic amines) is 1. The minimum Gasteiger partial charge on any atom is -0.394 e. The summed E-state index contributed by atoms with van der Waals surface area (Å²) in [6.07, 6.45) is 1.92. The quantitative estimate of drug-likeness (QED) is 0.756. The number of hydrogen-bond donors (Lipinski definition) is 2. The molecule has 4 nitrogen and oxygen atoms in total. The number of carbonyl (C=O) groups is 1. The van der Waals surface area contributed by atoms with Crippen LogP contribution >= 0.6 is 0 Å². The first kappa shape index (κ1) is 14.5. The molecule has 0 bridgehead atoms. The van der Waals surface area contributed by atoms with Gasteiger partial charge in [0, 0.05) is 12.6 Å². The summed E-state index contributed by atoms with van der Waals surface area (Å²) >= 11 is 0. The van der Waals surface area contributed by atoms with E-state index >= 15 is 0 Å². The molecule has 17 heavy (non-hydrogen) atoms. The lowest BCUT2D eigenvalue weighted by atomic mass is 9.97. The van der Waals surface area contributed by atoms with Gasteiger partial charge in [-0.1, -0.05) is 27.7 Å². The zero-order valence-corrected chi connectivity index (χ0v) is 11.4. The van der Waals surface area contributed by atoms with Gasteiger partial charge in [-0.05, 0) is 18.8 Å². The molecule has 1 amide bonds. The predicted octanol–water partition coefficient (Wildman–Crippen LogP) is 0.992. The van der Waals surface area contributed by atoms with Crippen LogP contribution in [0.4, 0.5) is 0 Å². The van der Waals surface area contributed by atoms with E-state index in [-0.39, 0.29) is 24.6 Å². The molecule has 0 aromatic rings. The molecular formula is C13H26N2O2. The van der Waals surface area contributed by atoms with Gasteiger partial charge in [-0.25, -0.2) is 0 Å². The molecule has 0 aliphatic carbocycles. The van der Waals surface area contributed by atoms with Crippen molar-refractivity contribution in [3.05, 3.63) is 0 Å². The summed E-state index contributed by atoms with van der Waals surface area (Å²) in [5, 5.41) is 12.7. The lowest BCUT2D eigenvalue weighted by molar-refractivity contribution is -0.141. The fourth-order valence-electron chi connectivity index (χ4n) is 2.46. The normalized spacial score (nSPS) is 23.6. The number of aliphatic hydroxyl groups excluding tert-OH is 1. The van der Waals surface area contributed by atoms with Crippen LogP contribution in [0.25, 0.3) is 0 Å². The van der Waals surface area contributed by atoms with Crippen LogP contribution in [0, 0.1) is 5.92 Å². The molecule has 100 valence electrons. The van der Waals surface area contributed by atoms with Gasteiger partial charge in [-0.3, -0.25) is 4.79 Å². The Morgan fingerprint density at radius 2 is 2.06 bits per heavy atom. The maximum Gasteiger partial charge on any atom is 0.240 e. The smallest absolute Gasteiger partial charge is 0.240 e. The Morgan fingerprint density at radius 1 is 1.41 bits per heavy atom. The number of hydrogen-bond acceptors (Lipinski definition) is 3. The van der Waals surface area contributed by atoms with Crippen molar-refractivity contribution < 1.29 is 9.90 Å². The summed E-state index contributed by atoms with van der Waals surface area (Å²) in [6.45, 7) is 9.04. The second kappa shape index (κ2) is 6.36. The van der Waals surface area contributed by atoms with Crippen molar-refractivity contribution in [2.45, 2.75) is 58.7 Å². The molecular weight excluding hydrogens is 216 g/mol. The van der Waals surface area contributed by atoms with Crippen LogP contribution < -0.4 is 5.32 Å². The van der Waals surface area contributed by atoms with Gasteiger partial charge in [-0.15, -0.1) is 0 Å². The molecule has 1 aliphatic rings. The molecule has 0 spiro atoms. The van der Waals surface area contributed by atoms with Gasteiger partial charge >= 0.3 is 0 Å². The van der Waals surface area contributed by atoms with Gasteiger partial charge in [0.05, 0.1) is 18.7 Å². The van der Waals surface area contributed by atoms with Crippen LogP contribution in [0.1, 0.15) is 40.5 Å². The first-order chi connectivity index (χ1) is 7.97. The third kappa shape index (κ3) is 3.68. The average molecular weight is 242 g/mol. The third-order valence-corrected chi connectivity index (χ3v) is 3.36. The summed E-state index contributed by atoms with van der Waals surface area (Å²) in [5.41, 5.74) is 0. The monoisotopic (exact) mass is 242 g/mol. The molecule has 2 atom stereocenters. The number of piperidine rings is 1. The van der Waals surface area contributed by atoms with E-state index in [0.717, 1.165) is 19.4 Å². The van der Waals surface area contributed by atoms with Crippen molar-refractivity contribution in [3.63, 3.8) is 0 Å². The highest BCUT2D eigenvalue weighted by Gasteiger charge is 2.34. The third-order valence-electron chi connectivity index (χ3n) is 3.36. The number of aliphatic hydroxyl groups is 1. The van der Waals surface area contributed by atoms with Gasteiger partial charge in [0.1, 0.15) is 0 Å². The fraction of sp³-hybridized carbons (Fsp3) is 0.923. The number of rotatable bonds is 5. The number of carbonyl (C=O) groups excluding carboxylic acids is 1. The second-order valence-electron chi connectivity index (χ2n) is 5.54. The summed E-state index contributed by atoms with van der Waals surface area (Å²) in [5.74, 6) is 0.444. The zero-order chi connectivity index (χ0) is 13.0. The topological polar surface area (TPSA) is 52.6 Å². The summed E-state index contributed by atoms with van der Waals surface area (Å²) in [4.78, 5) is 14.2. The first-order valence-corrected chi connectivity index (χ1v) is 6.64. The number of amides is 1. The van der Waals surface area contributed by atoms with E-state index in [9.17, 15) is 9.90 Å². The van der Waals surface area contributed by atoms with Gasteiger partial charge in [0.25, 0.3) is 0 Å². The maximum atomic E-state index is 12.3. The highest BCUT2D eigenvalue weighted by atomic mass is 16.3. The number of nitrogens with zero attached hydrogens (tertiary/aromatic N) is 1. The molecule has 1 fully saturated rings. The Bertz CT molecular complexity index is 254. The van der Waals surface area contributed by atoms with Crippen molar-refractivity contribution in [3.8, 4) is 0 Å². The summed E-state index contributed by atoms with van der Waals surface area (Å²) < 4.78 is 0. The van der Waals surface area contributed by atoms with Crippen LogP contribution in [0.5, 0.6) is 0 Å². The summed E-state index contributed by atoms with van der Waals surface area (Å²) in [6, 6.07) is 0.200. The average Bonchev–Trinajstić information content (AvgIpc) is 2.23. The molecule has 0 radical (unpaired) electrons. The van der Waals surface area contributed by atoms with Crippen LogP contribution in [-0.4, -0.2) is 47.2 Å². The Labute approximate surface area is 104 Å². The van der Waals surface area contributed by atoms with E-state index in [2.05, 4.69) is 19.2 Å². The van der Waals surface area contributed by atoms with Crippen molar-refractivity contribution in [1.29, 1.82) is 0 Å².